The van der Waals surface area contributed by atoms with E-state index in [2.05, 4.69) is 28.8 Å². The van der Waals surface area contributed by atoms with Crippen LogP contribution in [0.2, 0.25) is 5.15 Å². The van der Waals surface area contributed by atoms with Crippen LogP contribution in [0.25, 0.3) is 11.2 Å². The van der Waals surface area contributed by atoms with Crippen molar-refractivity contribution in [2.75, 3.05) is 12.8 Å². The third-order valence-electron chi connectivity index (χ3n) is 4.82. The molecule has 28 heavy (non-hydrogen) atoms. The lowest BCUT2D eigenvalue weighted by Crippen LogP contribution is -2.26. The van der Waals surface area contributed by atoms with Crippen LogP contribution in [0.3, 0.4) is 0 Å². The molecule has 3 rings (SSSR count). The van der Waals surface area contributed by atoms with Gasteiger partial charge in [0, 0.05) is 23.9 Å². The zero-order chi connectivity index (χ0) is 20.6. The molecule has 150 valence electrons. The van der Waals surface area contributed by atoms with E-state index in [0.717, 1.165) is 29.0 Å². The SMILES string of the molecule is COc1c(C)cnc(Cn2c(=O)n(CCC(C)C)c3c(Cl)nc(N)nc32)c1C. The van der Waals surface area contributed by atoms with Gasteiger partial charge in [0.25, 0.3) is 0 Å². The first-order valence-corrected chi connectivity index (χ1v) is 9.53. The van der Waals surface area contributed by atoms with Crippen LogP contribution in [0, 0.1) is 19.8 Å². The number of methoxy groups -OCH3 is 1. The van der Waals surface area contributed by atoms with Gasteiger partial charge < -0.3 is 10.5 Å². The number of rotatable bonds is 6. The van der Waals surface area contributed by atoms with Crippen molar-refractivity contribution in [1.82, 2.24) is 24.1 Å². The molecule has 3 aromatic heterocycles. The second-order valence-corrected chi connectivity index (χ2v) is 7.65. The lowest BCUT2D eigenvalue weighted by molar-refractivity contribution is 0.406. The molecule has 0 aliphatic carbocycles. The summed E-state index contributed by atoms with van der Waals surface area (Å²) in [6.45, 7) is 8.82. The van der Waals surface area contributed by atoms with Crippen molar-refractivity contribution < 1.29 is 4.74 Å². The molecule has 0 radical (unpaired) electrons. The number of ether oxygens (including phenoxy) is 1. The van der Waals surface area contributed by atoms with Crippen LogP contribution in [-0.2, 0) is 13.1 Å². The number of halogens is 1. The lowest BCUT2D eigenvalue weighted by Gasteiger charge is -2.12. The molecule has 0 aliphatic heterocycles. The van der Waals surface area contributed by atoms with Crippen LogP contribution in [-0.4, -0.2) is 31.2 Å². The van der Waals surface area contributed by atoms with Gasteiger partial charge in [-0.2, -0.15) is 9.97 Å². The lowest BCUT2D eigenvalue weighted by atomic mass is 10.1. The van der Waals surface area contributed by atoms with Crippen LogP contribution in [0.5, 0.6) is 5.75 Å². The first-order chi connectivity index (χ1) is 13.2. The maximum atomic E-state index is 13.2. The van der Waals surface area contributed by atoms with Gasteiger partial charge in [-0.05, 0) is 26.2 Å². The molecule has 0 unspecified atom stereocenters. The summed E-state index contributed by atoms with van der Waals surface area (Å²) < 4.78 is 8.65. The standard InChI is InChI=1S/C19H25ClN6O2/c1-10(2)6-7-25-14-16(20)23-18(21)24-17(14)26(19(25)27)9-13-12(4)15(28-5)11(3)8-22-13/h8,10H,6-7,9H2,1-5H3,(H2,21,23,24). The van der Waals surface area contributed by atoms with Gasteiger partial charge in [-0.3, -0.25) is 14.1 Å². The Labute approximate surface area is 168 Å². The average molecular weight is 405 g/mol. The molecule has 0 aliphatic rings. The Bertz CT molecular complexity index is 1090. The predicted molar refractivity (Wildman–Crippen MR) is 110 cm³/mol. The summed E-state index contributed by atoms with van der Waals surface area (Å²) >= 11 is 6.33. The summed E-state index contributed by atoms with van der Waals surface area (Å²) in [5.74, 6) is 1.22. The molecule has 0 saturated heterocycles. The first-order valence-electron chi connectivity index (χ1n) is 9.15. The van der Waals surface area contributed by atoms with Crippen LogP contribution in [0.1, 0.15) is 37.1 Å². The van der Waals surface area contributed by atoms with Gasteiger partial charge in [-0.1, -0.05) is 25.4 Å². The van der Waals surface area contributed by atoms with Crippen molar-refractivity contribution in [3.8, 4) is 5.75 Å². The molecular weight excluding hydrogens is 380 g/mol. The zero-order valence-corrected chi connectivity index (χ0v) is 17.5. The highest BCUT2D eigenvalue weighted by atomic mass is 35.5. The molecule has 8 nitrogen and oxygen atoms in total. The van der Waals surface area contributed by atoms with Crippen LogP contribution < -0.4 is 16.2 Å². The van der Waals surface area contributed by atoms with Crippen molar-refractivity contribution in [3.63, 3.8) is 0 Å². The maximum absolute atomic E-state index is 13.2. The van der Waals surface area contributed by atoms with Gasteiger partial charge in [0.05, 0.1) is 19.3 Å². The fourth-order valence-corrected chi connectivity index (χ4v) is 3.58. The topological polar surface area (TPSA) is 101 Å². The number of nitrogen functional groups attached to an aromatic ring is 1. The number of imidazole rings is 1. The van der Waals surface area contributed by atoms with Gasteiger partial charge in [-0.15, -0.1) is 0 Å². The fraction of sp³-hybridized carbons (Fsp3) is 0.474. The number of fused-ring (bicyclic) bond motifs is 1. The molecule has 0 fully saturated rings. The molecule has 0 saturated carbocycles. The Morgan fingerprint density at radius 1 is 1.25 bits per heavy atom. The third-order valence-corrected chi connectivity index (χ3v) is 5.08. The number of nitrogens with two attached hydrogens (primary N) is 1. The minimum atomic E-state index is -0.210. The number of pyridine rings is 1. The average Bonchev–Trinajstić information content (AvgIpc) is 2.88. The van der Waals surface area contributed by atoms with Crippen LogP contribution in [0.4, 0.5) is 5.95 Å². The van der Waals surface area contributed by atoms with Crippen molar-refractivity contribution in [2.45, 2.75) is 47.2 Å². The van der Waals surface area contributed by atoms with E-state index in [-0.39, 0.29) is 23.3 Å². The highest BCUT2D eigenvalue weighted by Gasteiger charge is 2.21. The molecule has 0 amide bonds. The number of aryl methyl sites for hydroxylation is 2. The zero-order valence-electron chi connectivity index (χ0n) is 16.8. The number of hydrogen-bond donors (Lipinski definition) is 1. The maximum Gasteiger partial charge on any atom is 0.330 e. The molecule has 0 aromatic carbocycles. The normalized spacial score (nSPS) is 11.5. The predicted octanol–water partition coefficient (Wildman–Crippen LogP) is 2.94. The molecule has 2 N–H and O–H groups in total. The molecular formula is C19H25ClN6O2. The molecule has 0 spiro atoms. The minimum Gasteiger partial charge on any atom is -0.496 e. The van der Waals surface area contributed by atoms with E-state index in [0.29, 0.717) is 23.6 Å². The quantitative estimate of drug-likeness (QED) is 0.634. The van der Waals surface area contributed by atoms with Gasteiger partial charge in [-0.25, -0.2) is 4.79 Å². The van der Waals surface area contributed by atoms with E-state index >= 15 is 0 Å². The summed E-state index contributed by atoms with van der Waals surface area (Å²) in [4.78, 5) is 26.0. The van der Waals surface area contributed by atoms with Crippen LogP contribution >= 0.6 is 11.6 Å². The van der Waals surface area contributed by atoms with Crippen molar-refractivity contribution in [1.29, 1.82) is 0 Å². The molecule has 3 heterocycles. The van der Waals surface area contributed by atoms with E-state index < -0.39 is 0 Å². The van der Waals surface area contributed by atoms with E-state index in [1.807, 2.05) is 13.8 Å². The summed E-state index contributed by atoms with van der Waals surface area (Å²) in [7, 11) is 1.62. The fourth-order valence-electron chi connectivity index (χ4n) is 3.30. The monoisotopic (exact) mass is 404 g/mol. The van der Waals surface area contributed by atoms with E-state index in [4.69, 9.17) is 22.1 Å². The Morgan fingerprint density at radius 3 is 2.61 bits per heavy atom. The molecule has 0 atom stereocenters. The van der Waals surface area contributed by atoms with E-state index in [1.165, 1.54) is 0 Å². The second-order valence-electron chi connectivity index (χ2n) is 7.29. The first kappa shape index (κ1) is 20.1. The minimum absolute atomic E-state index is 0.0263. The molecule has 3 aromatic rings. The summed E-state index contributed by atoms with van der Waals surface area (Å²) in [5, 5.41) is 0.174. The largest absolute Gasteiger partial charge is 0.496 e. The highest BCUT2D eigenvalue weighted by molar-refractivity contribution is 6.33. The van der Waals surface area contributed by atoms with Gasteiger partial charge in [0.1, 0.15) is 11.3 Å². The summed E-state index contributed by atoms with van der Waals surface area (Å²) in [5.41, 5.74) is 9.03. The van der Waals surface area contributed by atoms with Crippen LogP contribution in [0.15, 0.2) is 11.0 Å². The highest BCUT2D eigenvalue weighted by Crippen LogP contribution is 2.26. The summed E-state index contributed by atoms with van der Waals surface area (Å²) in [6.07, 6.45) is 2.57. The number of nitrogens with zero attached hydrogens (tertiary/aromatic N) is 5. The second kappa shape index (κ2) is 7.79. The van der Waals surface area contributed by atoms with Gasteiger partial charge in [0.2, 0.25) is 5.95 Å². The number of hydrogen-bond acceptors (Lipinski definition) is 6. The number of anilines is 1. The number of aromatic nitrogens is 5. The van der Waals surface area contributed by atoms with E-state index in [9.17, 15) is 4.79 Å². The van der Waals surface area contributed by atoms with Crippen molar-refractivity contribution >= 4 is 28.7 Å². The molecule has 9 heteroatoms. The third kappa shape index (κ3) is 3.56. The Balaban J connectivity index is 2.19. The van der Waals surface area contributed by atoms with Crippen molar-refractivity contribution in [2.24, 2.45) is 5.92 Å². The Morgan fingerprint density at radius 2 is 1.96 bits per heavy atom. The molecule has 0 bridgehead atoms. The van der Waals surface area contributed by atoms with Gasteiger partial charge >= 0.3 is 5.69 Å². The summed E-state index contributed by atoms with van der Waals surface area (Å²) in [6, 6.07) is 0. The Kier molecular flexibility index (Phi) is 5.60. The van der Waals surface area contributed by atoms with Gasteiger partial charge in [0.15, 0.2) is 10.8 Å². The Hall–Kier alpha value is -2.61. The van der Waals surface area contributed by atoms with E-state index in [1.54, 1.807) is 22.4 Å². The van der Waals surface area contributed by atoms with Crippen molar-refractivity contribution in [3.05, 3.63) is 38.7 Å². The smallest absolute Gasteiger partial charge is 0.330 e.